The standard InChI is InChI=1S/C20H23N5O4/c1-28-15-5-3-13(4-6-15)18-19(23-12-17(26)29-2)25-10-7-14(11-16(25)24-18)20(27)22-9-8-21/h3-7,10-11,23H,8-9,12,21H2,1-2H3,(H,22,27). The zero-order valence-electron chi connectivity index (χ0n) is 16.3. The zero-order chi connectivity index (χ0) is 20.8. The minimum atomic E-state index is -0.404. The number of pyridine rings is 1. The van der Waals surface area contributed by atoms with Crippen LogP contribution in [0.4, 0.5) is 5.82 Å². The SMILES string of the molecule is COC(=O)CNc1c(-c2ccc(OC)cc2)nc2cc(C(=O)NCCN)ccn12. The molecule has 0 radical (unpaired) electrons. The Hall–Kier alpha value is -3.59. The second-order valence-corrected chi connectivity index (χ2v) is 6.16. The highest BCUT2D eigenvalue weighted by atomic mass is 16.5. The Morgan fingerprint density at radius 2 is 1.93 bits per heavy atom. The van der Waals surface area contributed by atoms with Crippen LogP contribution in [-0.4, -0.2) is 55.1 Å². The quantitative estimate of drug-likeness (QED) is 0.490. The summed E-state index contributed by atoms with van der Waals surface area (Å²) in [5, 5.41) is 5.81. The Kier molecular flexibility index (Phi) is 6.30. The Bertz CT molecular complexity index is 1010. The molecule has 9 heteroatoms. The third-order valence-electron chi connectivity index (χ3n) is 4.31. The highest BCUT2D eigenvalue weighted by Crippen LogP contribution is 2.30. The lowest BCUT2D eigenvalue weighted by molar-refractivity contribution is -0.138. The predicted molar refractivity (Wildman–Crippen MR) is 109 cm³/mol. The molecular formula is C20H23N5O4. The molecular weight excluding hydrogens is 374 g/mol. The van der Waals surface area contributed by atoms with E-state index in [1.54, 1.807) is 29.8 Å². The van der Waals surface area contributed by atoms with Gasteiger partial charge in [-0.2, -0.15) is 0 Å². The molecule has 0 fully saturated rings. The number of imidazole rings is 1. The van der Waals surface area contributed by atoms with Gasteiger partial charge in [0.25, 0.3) is 5.91 Å². The van der Waals surface area contributed by atoms with Crippen LogP contribution in [0.15, 0.2) is 42.6 Å². The molecule has 0 atom stereocenters. The minimum Gasteiger partial charge on any atom is -0.497 e. The third-order valence-corrected chi connectivity index (χ3v) is 4.31. The third kappa shape index (κ3) is 4.46. The molecule has 0 saturated carbocycles. The molecule has 0 aliphatic rings. The largest absolute Gasteiger partial charge is 0.497 e. The van der Waals surface area contributed by atoms with Crippen LogP contribution >= 0.6 is 0 Å². The van der Waals surface area contributed by atoms with Crippen molar-refractivity contribution in [1.29, 1.82) is 0 Å². The molecule has 9 nitrogen and oxygen atoms in total. The van der Waals surface area contributed by atoms with Gasteiger partial charge in [0.1, 0.15) is 29.5 Å². The summed E-state index contributed by atoms with van der Waals surface area (Å²) < 4.78 is 11.7. The van der Waals surface area contributed by atoms with Gasteiger partial charge in [-0.1, -0.05) is 0 Å². The monoisotopic (exact) mass is 397 g/mol. The van der Waals surface area contributed by atoms with E-state index in [1.165, 1.54) is 7.11 Å². The molecule has 29 heavy (non-hydrogen) atoms. The minimum absolute atomic E-state index is 0.0216. The molecule has 4 N–H and O–H groups in total. The van der Waals surface area contributed by atoms with E-state index in [4.69, 9.17) is 15.2 Å². The topological polar surface area (TPSA) is 120 Å². The molecule has 0 bridgehead atoms. The highest BCUT2D eigenvalue weighted by Gasteiger charge is 2.17. The first kappa shape index (κ1) is 20.2. The van der Waals surface area contributed by atoms with Gasteiger partial charge in [0, 0.05) is 30.4 Å². The van der Waals surface area contributed by atoms with Gasteiger partial charge >= 0.3 is 5.97 Å². The molecule has 3 rings (SSSR count). The van der Waals surface area contributed by atoms with Crippen LogP contribution in [0.5, 0.6) is 5.75 Å². The molecule has 2 heterocycles. The summed E-state index contributed by atoms with van der Waals surface area (Å²) in [6.45, 7) is 0.730. The molecule has 152 valence electrons. The number of hydrogen-bond acceptors (Lipinski definition) is 7. The van der Waals surface area contributed by atoms with E-state index in [2.05, 4.69) is 15.6 Å². The van der Waals surface area contributed by atoms with Crippen molar-refractivity contribution in [2.24, 2.45) is 5.73 Å². The van der Waals surface area contributed by atoms with E-state index in [-0.39, 0.29) is 12.5 Å². The number of nitrogens with zero attached hydrogens (tertiary/aromatic N) is 2. The molecule has 1 aromatic carbocycles. The Labute approximate surface area is 167 Å². The number of carbonyl (C=O) groups excluding carboxylic acids is 2. The van der Waals surface area contributed by atoms with Gasteiger partial charge in [-0.15, -0.1) is 0 Å². The number of methoxy groups -OCH3 is 2. The smallest absolute Gasteiger partial charge is 0.325 e. The fraction of sp³-hybridized carbons (Fsp3) is 0.250. The first-order chi connectivity index (χ1) is 14.1. The average molecular weight is 397 g/mol. The van der Waals surface area contributed by atoms with Gasteiger partial charge in [-0.05, 0) is 36.4 Å². The second kappa shape index (κ2) is 9.07. The summed E-state index contributed by atoms with van der Waals surface area (Å²) in [6.07, 6.45) is 1.73. The van der Waals surface area contributed by atoms with Crippen molar-refractivity contribution in [2.45, 2.75) is 0 Å². The molecule has 1 amide bonds. The molecule has 3 aromatic rings. The second-order valence-electron chi connectivity index (χ2n) is 6.16. The molecule has 2 aromatic heterocycles. The predicted octanol–water partition coefficient (Wildman–Crippen LogP) is 1.28. The van der Waals surface area contributed by atoms with Crippen LogP contribution in [0.3, 0.4) is 0 Å². The van der Waals surface area contributed by atoms with E-state index < -0.39 is 5.97 Å². The van der Waals surface area contributed by atoms with Crippen molar-refractivity contribution >= 4 is 23.3 Å². The first-order valence-corrected chi connectivity index (χ1v) is 9.03. The van der Waals surface area contributed by atoms with Crippen molar-refractivity contribution in [3.63, 3.8) is 0 Å². The lowest BCUT2D eigenvalue weighted by Gasteiger charge is -2.09. The van der Waals surface area contributed by atoms with E-state index in [9.17, 15) is 9.59 Å². The maximum absolute atomic E-state index is 12.2. The number of esters is 1. The van der Waals surface area contributed by atoms with Gasteiger partial charge < -0.3 is 25.8 Å². The number of nitrogens with two attached hydrogens (primary N) is 1. The number of fused-ring (bicyclic) bond motifs is 1. The van der Waals surface area contributed by atoms with Crippen LogP contribution in [0, 0.1) is 0 Å². The first-order valence-electron chi connectivity index (χ1n) is 9.03. The normalized spacial score (nSPS) is 10.6. The number of rotatable bonds is 8. The molecule has 0 aliphatic heterocycles. The molecule has 0 spiro atoms. The van der Waals surface area contributed by atoms with Gasteiger partial charge in [0.2, 0.25) is 0 Å². The van der Waals surface area contributed by atoms with E-state index in [1.807, 2.05) is 24.3 Å². The molecule has 0 unspecified atom stereocenters. The van der Waals surface area contributed by atoms with Crippen LogP contribution < -0.4 is 21.1 Å². The van der Waals surface area contributed by atoms with Crippen molar-refractivity contribution in [2.75, 3.05) is 39.2 Å². The summed E-state index contributed by atoms with van der Waals surface area (Å²) >= 11 is 0. The van der Waals surface area contributed by atoms with E-state index in [0.717, 1.165) is 11.3 Å². The fourth-order valence-electron chi connectivity index (χ4n) is 2.82. The van der Waals surface area contributed by atoms with Gasteiger partial charge in [0.15, 0.2) is 0 Å². The van der Waals surface area contributed by atoms with E-state index >= 15 is 0 Å². The lowest BCUT2D eigenvalue weighted by atomic mass is 10.1. The number of aromatic nitrogens is 2. The maximum Gasteiger partial charge on any atom is 0.325 e. The molecule has 0 aliphatic carbocycles. The van der Waals surface area contributed by atoms with Gasteiger partial charge in [0.05, 0.1) is 14.2 Å². The Morgan fingerprint density at radius 1 is 1.17 bits per heavy atom. The zero-order valence-corrected chi connectivity index (χ0v) is 16.3. The number of carbonyl (C=O) groups is 2. The maximum atomic E-state index is 12.2. The summed E-state index contributed by atoms with van der Waals surface area (Å²) in [6, 6.07) is 10.8. The van der Waals surface area contributed by atoms with E-state index in [0.29, 0.717) is 35.8 Å². The van der Waals surface area contributed by atoms with Crippen molar-refractivity contribution in [3.8, 4) is 17.0 Å². The number of amides is 1. The number of benzene rings is 1. The Balaban J connectivity index is 2.03. The lowest BCUT2D eigenvalue weighted by Crippen LogP contribution is -2.29. The molecule has 0 saturated heterocycles. The van der Waals surface area contributed by atoms with Crippen LogP contribution in [0.25, 0.3) is 16.9 Å². The summed E-state index contributed by atoms with van der Waals surface area (Å²) in [4.78, 5) is 28.5. The number of nitrogens with one attached hydrogen (secondary N) is 2. The summed E-state index contributed by atoms with van der Waals surface area (Å²) in [5.41, 5.74) is 7.93. The highest BCUT2D eigenvalue weighted by molar-refractivity contribution is 5.95. The van der Waals surface area contributed by atoms with Crippen molar-refractivity contribution < 1.29 is 19.1 Å². The number of anilines is 1. The number of hydrogen-bond donors (Lipinski definition) is 3. The Morgan fingerprint density at radius 3 is 2.59 bits per heavy atom. The van der Waals surface area contributed by atoms with Crippen molar-refractivity contribution in [1.82, 2.24) is 14.7 Å². The number of ether oxygens (including phenoxy) is 2. The van der Waals surface area contributed by atoms with Crippen LogP contribution in [-0.2, 0) is 9.53 Å². The van der Waals surface area contributed by atoms with Crippen molar-refractivity contribution in [3.05, 3.63) is 48.2 Å². The van der Waals surface area contributed by atoms with Gasteiger partial charge in [-0.3, -0.25) is 14.0 Å². The van der Waals surface area contributed by atoms with Crippen LogP contribution in [0.2, 0.25) is 0 Å². The average Bonchev–Trinajstić information content (AvgIpc) is 3.13. The van der Waals surface area contributed by atoms with Crippen LogP contribution in [0.1, 0.15) is 10.4 Å². The summed E-state index contributed by atoms with van der Waals surface area (Å²) in [7, 11) is 2.93. The van der Waals surface area contributed by atoms with Gasteiger partial charge in [-0.25, -0.2) is 4.98 Å². The summed E-state index contributed by atoms with van der Waals surface area (Å²) in [5.74, 6) is 0.708. The fourth-order valence-corrected chi connectivity index (χ4v) is 2.82.